The molecule has 1 aromatic rings. The van der Waals surface area contributed by atoms with Crippen LogP contribution in [-0.2, 0) is 9.53 Å². The highest BCUT2D eigenvalue weighted by Crippen LogP contribution is 2.28. The summed E-state index contributed by atoms with van der Waals surface area (Å²) in [5, 5.41) is 10.7. The van der Waals surface area contributed by atoms with E-state index < -0.39 is 10.9 Å². The maximum Gasteiger partial charge on any atom is 0.337 e. The van der Waals surface area contributed by atoms with Crippen LogP contribution < -0.4 is 4.74 Å². The molecule has 0 aliphatic carbocycles. The van der Waals surface area contributed by atoms with Gasteiger partial charge in [-0.1, -0.05) is 0 Å². The maximum absolute atomic E-state index is 11.2. The lowest BCUT2D eigenvalue weighted by molar-refractivity contribution is -0.385. The second kappa shape index (κ2) is 5.59. The molecule has 0 aromatic heterocycles. The van der Waals surface area contributed by atoms with Gasteiger partial charge in [0, 0.05) is 12.1 Å². The van der Waals surface area contributed by atoms with E-state index in [0.717, 1.165) is 12.1 Å². The number of aldehydes is 1. The quantitative estimate of drug-likeness (QED) is 0.328. The van der Waals surface area contributed by atoms with Crippen molar-refractivity contribution in [2.75, 3.05) is 13.7 Å². The van der Waals surface area contributed by atoms with Crippen molar-refractivity contribution in [2.45, 2.75) is 0 Å². The summed E-state index contributed by atoms with van der Waals surface area (Å²) >= 11 is 0. The number of esters is 1. The Labute approximate surface area is 96.1 Å². The molecule has 0 bridgehead atoms. The lowest BCUT2D eigenvalue weighted by Crippen LogP contribution is -2.05. The number of nitro benzene ring substituents is 1. The molecule has 90 valence electrons. The number of rotatable bonds is 5. The first-order valence-corrected chi connectivity index (χ1v) is 4.53. The average molecular weight is 239 g/mol. The Bertz CT molecular complexity index is 456. The minimum Gasteiger partial charge on any atom is -0.479 e. The number of hydrogen-bond donors (Lipinski definition) is 0. The molecule has 0 saturated carbocycles. The van der Waals surface area contributed by atoms with Crippen molar-refractivity contribution in [1.82, 2.24) is 0 Å². The van der Waals surface area contributed by atoms with Crippen LogP contribution in [0.5, 0.6) is 5.75 Å². The van der Waals surface area contributed by atoms with E-state index in [1.807, 2.05) is 0 Å². The first-order chi connectivity index (χ1) is 8.10. The van der Waals surface area contributed by atoms with E-state index in [1.165, 1.54) is 13.2 Å². The highest BCUT2D eigenvalue weighted by Gasteiger charge is 2.18. The van der Waals surface area contributed by atoms with E-state index in [9.17, 15) is 19.7 Å². The molecular weight excluding hydrogens is 230 g/mol. The fourth-order valence-electron chi connectivity index (χ4n) is 1.15. The van der Waals surface area contributed by atoms with Crippen molar-refractivity contribution in [3.8, 4) is 5.75 Å². The van der Waals surface area contributed by atoms with Crippen molar-refractivity contribution in [1.29, 1.82) is 0 Å². The van der Waals surface area contributed by atoms with Crippen LogP contribution in [0.2, 0.25) is 0 Å². The molecule has 1 aromatic carbocycles. The predicted molar refractivity (Wildman–Crippen MR) is 56.0 cm³/mol. The van der Waals surface area contributed by atoms with Gasteiger partial charge < -0.3 is 9.47 Å². The second-order valence-corrected chi connectivity index (χ2v) is 2.91. The third-order valence-corrected chi connectivity index (χ3v) is 1.88. The van der Waals surface area contributed by atoms with E-state index in [1.54, 1.807) is 0 Å². The molecule has 7 nitrogen and oxygen atoms in total. The summed E-state index contributed by atoms with van der Waals surface area (Å²) in [6, 6.07) is 3.53. The summed E-state index contributed by atoms with van der Waals surface area (Å²) < 4.78 is 9.33. The molecule has 0 heterocycles. The normalized spacial score (nSPS) is 9.47. The highest BCUT2D eigenvalue weighted by atomic mass is 16.6. The van der Waals surface area contributed by atoms with Crippen molar-refractivity contribution in [3.05, 3.63) is 33.9 Å². The average Bonchev–Trinajstić information content (AvgIpc) is 2.34. The summed E-state index contributed by atoms with van der Waals surface area (Å²) in [7, 11) is 1.19. The van der Waals surface area contributed by atoms with Crippen LogP contribution in [0.4, 0.5) is 5.69 Å². The SMILES string of the molecule is COC(=O)c1ccc([N+](=O)[O-])c(OCC=O)c1. The van der Waals surface area contributed by atoms with Gasteiger partial charge in [-0.2, -0.15) is 0 Å². The van der Waals surface area contributed by atoms with Gasteiger partial charge in [-0.15, -0.1) is 0 Å². The largest absolute Gasteiger partial charge is 0.479 e. The molecule has 0 amide bonds. The molecule has 0 N–H and O–H groups in total. The summed E-state index contributed by atoms with van der Waals surface area (Å²) in [5.41, 5.74) is -0.210. The zero-order chi connectivity index (χ0) is 12.8. The molecule has 0 unspecified atom stereocenters. The molecule has 0 aliphatic heterocycles. The number of hydrogen-bond acceptors (Lipinski definition) is 6. The van der Waals surface area contributed by atoms with E-state index in [-0.39, 0.29) is 23.6 Å². The van der Waals surface area contributed by atoms with Gasteiger partial charge in [0.25, 0.3) is 0 Å². The van der Waals surface area contributed by atoms with Crippen LogP contribution in [0.1, 0.15) is 10.4 Å². The van der Waals surface area contributed by atoms with Crippen LogP contribution in [0.15, 0.2) is 18.2 Å². The molecule has 0 spiro atoms. The van der Waals surface area contributed by atoms with Gasteiger partial charge in [0.05, 0.1) is 17.6 Å². The fourth-order valence-corrected chi connectivity index (χ4v) is 1.15. The van der Waals surface area contributed by atoms with Crippen molar-refractivity contribution in [3.63, 3.8) is 0 Å². The van der Waals surface area contributed by atoms with Crippen LogP contribution in [-0.4, -0.2) is 30.9 Å². The third-order valence-electron chi connectivity index (χ3n) is 1.88. The zero-order valence-electron chi connectivity index (χ0n) is 8.91. The third kappa shape index (κ3) is 3.00. The van der Waals surface area contributed by atoms with Crippen LogP contribution >= 0.6 is 0 Å². The van der Waals surface area contributed by atoms with Gasteiger partial charge in [0.2, 0.25) is 0 Å². The lowest BCUT2D eigenvalue weighted by atomic mass is 10.2. The Morgan fingerprint density at radius 1 is 1.53 bits per heavy atom. The number of carbonyl (C=O) groups excluding carboxylic acids is 2. The van der Waals surface area contributed by atoms with Gasteiger partial charge in [0.1, 0.15) is 6.61 Å². The zero-order valence-corrected chi connectivity index (χ0v) is 8.91. The van der Waals surface area contributed by atoms with E-state index in [4.69, 9.17) is 4.74 Å². The number of methoxy groups -OCH3 is 1. The minimum absolute atomic E-state index is 0.110. The predicted octanol–water partition coefficient (Wildman–Crippen LogP) is 0.959. The van der Waals surface area contributed by atoms with Crippen molar-refractivity contribution >= 4 is 17.9 Å². The van der Waals surface area contributed by atoms with Gasteiger partial charge in [-0.25, -0.2) is 4.79 Å². The summed E-state index contributed by atoms with van der Waals surface area (Å²) in [4.78, 5) is 31.3. The maximum atomic E-state index is 11.2. The molecular formula is C10H9NO6. The summed E-state index contributed by atoms with van der Waals surface area (Å²) in [5.74, 6) is -0.791. The van der Waals surface area contributed by atoms with E-state index in [2.05, 4.69) is 4.74 Å². The van der Waals surface area contributed by atoms with Crippen molar-refractivity contribution < 1.29 is 24.0 Å². The van der Waals surface area contributed by atoms with Crippen molar-refractivity contribution in [2.24, 2.45) is 0 Å². The standard InChI is InChI=1S/C10H9NO6/c1-16-10(13)7-2-3-8(11(14)15)9(6-7)17-5-4-12/h2-4,6H,5H2,1H3. The van der Waals surface area contributed by atoms with E-state index in [0.29, 0.717) is 6.29 Å². The first kappa shape index (κ1) is 12.6. The summed E-state index contributed by atoms with van der Waals surface area (Å²) in [6.07, 6.45) is 0.453. The molecule has 0 fully saturated rings. The molecule has 1 rings (SSSR count). The van der Waals surface area contributed by atoms with Gasteiger partial charge in [-0.05, 0) is 6.07 Å². The van der Waals surface area contributed by atoms with Gasteiger partial charge in [0.15, 0.2) is 12.0 Å². The number of benzene rings is 1. The Morgan fingerprint density at radius 2 is 2.24 bits per heavy atom. The minimum atomic E-state index is -0.665. The Morgan fingerprint density at radius 3 is 2.76 bits per heavy atom. The van der Waals surface area contributed by atoms with E-state index >= 15 is 0 Å². The topological polar surface area (TPSA) is 95.7 Å². The molecule has 0 saturated heterocycles. The van der Waals surface area contributed by atoms with Crippen LogP contribution in [0.25, 0.3) is 0 Å². The number of nitro groups is 1. The molecule has 7 heteroatoms. The highest BCUT2D eigenvalue weighted by molar-refractivity contribution is 5.90. The number of carbonyl (C=O) groups is 2. The Balaban J connectivity index is 3.13. The number of ether oxygens (including phenoxy) is 2. The first-order valence-electron chi connectivity index (χ1n) is 4.53. The second-order valence-electron chi connectivity index (χ2n) is 2.91. The summed E-state index contributed by atoms with van der Waals surface area (Å²) in [6.45, 7) is -0.328. The molecule has 0 aliphatic rings. The molecule has 0 radical (unpaired) electrons. The number of nitrogens with zero attached hydrogens (tertiary/aromatic N) is 1. The smallest absolute Gasteiger partial charge is 0.337 e. The molecule has 0 atom stereocenters. The van der Waals surface area contributed by atoms with Crippen LogP contribution in [0, 0.1) is 10.1 Å². The lowest BCUT2D eigenvalue weighted by Gasteiger charge is -2.05. The Kier molecular flexibility index (Phi) is 4.15. The van der Waals surface area contributed by atoms with Gasteiger partial charge >= 0.3 is 11.7 Å². The Hall–Kier alpha value is -2.44. The monoisotopic (exact) mass is 239 g/mol. The fraction of sp³-hybridized carbons (Fsp3) is 0.200. The van der Waals surface area contributed by atoms with Crippen LogP contribution in [0.3, 0.4) is 0 Å². The molecule has 17 heavy (non-hydrogen) atoms. The van der Waals surface area contributed by atoms with Gasteiger partial charge in [-0.3, -0.25) is 14.9 Å².